The summed E-state index contributed by atoms with van der Waals surface area (Å²) >= 11 is 0. The van der Waals surface area contributed by atoms with E-state index in [0.29, 0.717) is 17.8 Å². The number of hydrogen-bond acceptors (Lipinski definition) is 6. The molecule has 31 heavy (non-hydrogen) atoms. The van der Waals surface area contributed by atoms with Crippen LogP contribution in [0.3, 0.4) is 0 Å². The van der Waals surface area contributed by atoms with Gasteiger partial charge in [-0.3, -0.25) is 25.2 Å². The Morgan fingerprint density at radius 1 is 1.06 bits per heavy atom. The predicted molar refractivity (Wildman–Crippen MR) is 110 cm³/mol. The fourth-order valence-corrected chi connectivity index (χ4v) is 3.72. The highest BCUT2D eigenvalue weighted by Gasteiger charge is 2.30. The smallest absolute Gasteiger partial charge is 0.269 e. The van der Waals surface area contributed by atoms with Gasteiger partial charge in [0.1, 0.15) is 6.33 Å². The monoisotopic (exact) mass is 419 g/mol. The van der Waals surface area contributed by atoms with Crippen molar-refractivity contribution in [1.29, 1.82) is 0 Å². The lowest BCUT2D eigenvalue weighted by Gasteiger charge is -2.36. The SMILES string of the molecule is CC(=O)N1CCc2ccccc2C1CC(=O)NNC(=O)c1ccc(-n2cnnn2)cc1. The highest BCUT2D eigenvalue weighted by Crippen LogP contribution is 2.32. The number of aromatic nitrogens is 4. The third kappa shape index (κ3) is 4.42. The number of hydrazine groups is 1. The van der Waals surface area contributed by atoms with Crippen LogP contribution < -0.4 is 10.9 Å². The predicted octanol–water partition coefficient (Wildman–Crippen LogP) is 0.959. The van der Waals surface area contributed by atoms with Crippen LogP contribution in [0, 0.1) is 0 Å². The van der Waals surface area contributed by atoms with Gasteiger partial charge in [-0.25, -0.2) is 4.68 Å². The molecule has 0 radical (unpaired) electrons. The second-order valence-corrected chi connectivity index (χ2v) is 7.18. The molecule has 1 unspecified atom stereocenters. The van der Waals surface area contributed by atoms with Crippen molar-refractivity contribution in [2.24, 2.45) is 0 Å². The van der Waals surface area contributed by atoms with Crippen molar-refractivity contribution in [3.63, 3.8) is 0 Å². The van der Waals surface area contributed by atoms with Gasteiger partial charge >= 0.3 is 0 Å². The maximum atomic E-state index is 12.5. The number of benzene rings is 2. The van der Waals surface area contributed by atoms with Crippen LogP contribution in [0.25, 0.3) is 5.69 Å². The quantitative estimate of drug-likeness (QED) is 0.608. The second-order valence-electron chi connectivity index (χ2n) is 7.18. The third-order valence-electron chi connectivity index (χ3n) is 5.25. The summed E-state index contributed by atoms with van der Waals surface area (Å²) in [6.07, 6.45) is 2.25. The molecule has 1 aliphatic rings. The van der Waals surface area contributed by atoms with Crippen molar-refractivity contribution in [2.75, 3.05) is 6.54 Å². The Balaban J connectivity index is 1.38. The minimum absolute atomic E-state index is 0.0507. The fraction of sp³-hybridized carbons (Fsp3) is 0.238. The Kier molecular flexibility index (Phi) is 5.69. The molecule has 3 aromatic rings. The maximum absolute atomic E-state index is 12.5. The number of rotatable bonds is 4. The third-order valence-corrected chi connectivity index (χ3v) is 5.25. The van der Waals surface area contributed by atoms with E-state index in [-0.39, 0.29) is 24.3 Å². The summed E-state index contributed by atoms with van der Waals surface area (Å²) in [5, 5.41) is 10.9. The maximum Gasteiger partial charge on any atom is 0.269 e. The molecular formula is C21H21N7O3. The van der Waals surface area contributed by atoms with E-state index >= 15 is 0 Å². The molecule has 4 rings (SSSR count). The van der Waals surface area contributed by atoms with Crippen molar-refractivity contribution < 1.29 is 14.4 Å². The Labute approximate surface area is 178 Å². The summed E-state index contributed by atoms with van der Waals surface area (Å²) in [6.45, 7) is 2.06. The van der Waals surface area contributed by atoms with E-state index in [9.17, 15) is 14.4 Å². The number of tetrazole rings is 1. The lowest BCUT2D eigenvalue weighted by Crippen LogP contribution is -2.45. The van der Waals surface area contributed by atoms with E-state index in [1.807, 2.05) is 24.3 Å². The van der Waals surface area contributed by atoms with E-state index in [0.717, 1.165) is 17.5 Å². The van der Waals surface area contributed by atoms with Crippen molar-refractivity contribution in [1.82, 2.24) is 36.0 Å². The average molecular weight is 419 g/mol. The zero-order chi connectivity index (χ0) is 21.8. The van der Waals surface area contributed by atoms with Gasteiger partial charge in [0, 0.05) is 19.0 Å². The van der Waals surface area contributed by atoms with Gasteiger partial charge in [-0.1, -0.05) is 24.3 Å². The average Bonchev–Trinajstić information content (AvgIpc) is 3.32. The largest absolute Gasteiger partial charge is 0.335 e. The highest BCUT2D eigenvalue weighted by molar-refractivity contribution is 5.95. The standard InChI is InChI=1S/C21H21N7O3/c1-14(29)27-11-10-15-4-2-3-5-18(15)19(27)12-20(30)23-24-21(31)16-6-8-17(9-7-16)28-13-22-25-26-28/h2-9,13,19H,10-12H2,1H3,(H,23,30)(H,24,31). The van der Waals surface area contributed by atoms with Crippen LogP contribution in [0.15, 0.2) is 54.9 Å². The van der Waals surface area contributed by atoms with Gasteiger partial charge in [0.05, 0.1) is 18.2 Å². The Morgan fingerprint density at radius 2 is 1.84 bits per heavy atom. The molecule has 1 aliphatic heterocycles. The van der Waals surface area contributed by atoms with Gasteiger partial charge in [-0.2, -0.15) is 0 Å². The van der Waals surface area contributed by atoms with Crippen molar-refractivity contribution >= 4 is 17.7 Å². The summed E-state index contributed by atoms with van der Waals surface area (Å²) < 4.78 is 1.46. The number of hydrogen-bond donors (Lipinski definition) is 2. The molecule has 2 N–H and O–H groups in total. The van der Waals surface area contributed by atoms with Gasteiger partial charge in [0.15, 0.2) is 0 Å². The molecule has 0 bridgehead atoms. The van der Waals surface area contributed by atoms with Crippen LogP contribution in [0.2, 0.25) is 0 Å². The molecule has 0 fully saturated rings. The summed E-state index contributed by atoms with van der Waals surface area (Å²) in [6, 6.07) is 14.0. The van der Waals surface area contributed by atoms with Gasteiger partial charge in [0.25, 0.3) is 5.91 Å². The van der Waals surface area contributed by atoms with Crippen LogP contribution in [0.5, 0.6) is 0 Å². The first-order chi connectivity index (χ1) is 15.0. The summed E-state index contributed by atoms with van der Waals surface area (Å²) in [4.78, 5) is 38.7. The van der Waals surface area contributed by atoms with Crippen molar-refractivity contribution in [3.05, 3.63) is 71.5 Å². The minimum Gasteiger partial charge on any atom is -0.335 e. The van der Waals surface area contributed by atoms with E-state index < -0.39 is 5.91 Å². The summed E-state index contributed by atoms with van der Waals surface area (Å²) in [5.74, 6) is -0.922. The lowest BCUT2D eigenvalue weighted by molar-refractivity contribution is -0.133. The molecule has 10 nitrogen and oxygen atoms in total. The fourth-order valence-electron chi connectivity index (χ4n) is 3.72. The number of carbonyl (C=O) groups is 3. The van der Waals surface area contributed by atoms with Gasteiger partial charge in [-0.15, -0.1) is 5.10 Å². The molecule has 1 atom stereocenters. The molecule has 10 heteroatoms. The first-order valence-corrected chi connectivity index (χ1v) is 9.80. The topological polar surface area (TPSA) is 122 Å². The summed E-state index contributed by atoms with van der Waals surface area (Å²) in [5.41, 5.74) is 8.03. The molecular weight excluding hydrogens is 398 g/mol. The van der Waals surface area contributed by atoms with E-state index in [4.69, 9.17) is 0 Å². The van der Waals surface area contributed by atoms with Crippen molar-refractivity contribution in [2.45, 2.75) is 25.8 Å². The molecule has 0 saturated heterocycles. The van der Waals surface area contributed by atoms with Crippen LogP contribution in [-0.2, 0) is 16.0 Å². The van der Waals surface area contributed by atoms with Crippen molar-refractivity contribution in [3.8, 4) is 5.69 Å². The molecule has 2 aromatic carbocycles. The van der Waals surface area contributed by atoms with Crippen LogP contribution >= 0.6 is 0 Å². The Bertz CT molecular complexity index is 1100. The number of carbonyl (C=O) groups excluding carboxylic acids is 3. The van der Waals surface area contributed by atoms with Gasteiger partial charge in [0.2, 0.25) is 11.8 Å². The van der Waals surface area contributed by atoms with Gasteiger partial charge < -0.3 is 4.90 Å². The van der Waals surface area contributed by atoms with E-state index in [2.05, 4.69) is 26.4 Å². The molecule has 0 spiro atoms. The first-order valence-electron chi connectivity index (χ1n) is 9.80. The Morgan fingerprint density at radius 3 is 2.55 bits per heavy atom. The molecule has 3 amide bonds. The molecule has 0 saturated carbocycles. The number of nitrogens with one attached hydrogen (secondary N) is 2. The Hall–Kier alpha value is -4.08. The minimum atomic E-state index is -0.455. The summed E-state index contributed by atoms with van der Waals surface area (Å²) in [7, 11) is 0. The van der Waals surface area contributed by atoms with Crippen LogP contribution in [0.1, 0.15) is 40.9 Å². The van der Waals surface area contributed by atoms with Crippen LogP contribution in [0.4, 0.5) is 0 Å². The second kappa shape index (κ2) is 8.74. The molecule has 158 valence electrons. The molecule has 1 aromatic heterocycles. The number of amides is 3. The highest BCUT2D eigenvalue weighted by atomic mass is 16.2. The van der Waals surface area contributed by atoms with Crippen LogP contribution in [-0.4, -0.2) is 49.4 Å². The molecule has 0 aliphatic carbocycles. The van der Waals surface area contributed by atoms with E-state index in [1.54, 1.807) is 29.2 Å². The molecule has 2 heterocycles. The number of nitrogens with zero attached hydrogens (tertiary/aromatic N) is 5. The first kappa shape index (κ1) is 20.2. The lowest BCUT2D eigenvalue weighted by atomic mass is 9.90. The normalized spacial score (nSPS) is 15.1. The zero-order valence-corrected chi connectivity index (χ0v) is 16.9. The number of fused-ring (bicyclic) bond motifs is 1. The van der Waals surface area contributed by atoms with E-state index in [1.165, 1.54) is 17.9 Å². The van der Waals surface area contributed by atoms with Gasteiger partial charge in [-0.05, 0) is 52.2 Å². The zero-order valence-electron chi connectivity index (χ0n) is 16.9.